The van der Waals surface area contributed by atoms with E-state index in [1.54, 1.807) is 7.11 Å². The standard InChI is InChI=1S/C30H38N2O2/c1-5-32(21-23-8-6-22(7-9-23)16-17-31(2)3)30-20-28(34-4)14-15-29(30)26-11-10-25-19-27(33)13-12-24(25)18-26/h6-9,12-15,19-20,26,33H,5,10-11,16-18,21H2,1-4H3. The SMILES string of the molecule is CCN(Cc1ccc(CCN(C)C)cc1)c1cc(OC)ccc1C1CCc2cc(O)ccc2C1. The molecule has 180 valence electrons. The van der Waals surface area contributed by atoms with Crippen LogP contribution < -0.4 is 9.64 Å². The number of aromatic hydroxyl groups is 1. The Morgan fingerprint density at radius 2 is 1.71 bits per heavy atom. The number of benzene rings is 3. The van der Waals surface area contributed by atoms with E-state index in [1.807, 2.05) is 12.1 Å². The van der Waals surface area contributed by atoms with Crippen LogP contribution in [-0.2, 0) is 25.8 Å². The monoisotopic (exact) mass is 458 g/mol. The highest BCUT2D eigenvalue weighted by Crippen LogP contribution is 2.40. The first-order chi connectivity index (χ1) is 16.5. The number of hydrogen-bond donors (Lipinski definition) is 1. The summed E-state index contributed by atoms with van der Waals surface area (Å²) in [7, 11) is 5.98. The largest absolute Gasteiger partial charge is 0.508 e. The summed E-state index contributed by atoms with van der Waals surface area (Å²) in [5.41, 5.74) is 8.01. The number of rotatable bonds is 9. The van der Waals surface area contributed by atoms with Crippen LogP contribution in [0.2, 0.25) is 0 Å². The number of fused-ring (bicyclic) bond motifs is 1. The van der Waals surface area contributed by atoms with Gasteiger partial charge >= 0.3 is 0 Å². The Morgan fingerprint density at radius 1 is 0.941 bits per heavy atom. The summed E-state index contributed by atoms with van der Waals surface area (Å²) < 4.78 is 5.61. The van der Waals surface area contributed by atoms with Crippen molar-refractivity contribution in [3.8, 4) is 11.5 Å². The van der Waals surface area contributed by atoms with Crippen LogP contribution in [0.15, 0.2) is 60.7 Å². The first kappa shape index (κ1) is 24.2. The third-order valence-electron chi connectivity index (χ3n) is 7.06. The number of nitrogens with zero attached hydrogens (tertiary/aromatic N) is 2. The molecular formula is C30H38N2O2. The van der Waals surface area contributed by atoms with Crippen molar-refractivity contribution < 1.29 is 9.84 Å². The summed E-state index contributed by atoms with van der Waals surface area (Å²) in [6.07, 6.45) is 4.17. The highest BCUT2D eigenvalue weighted by Gasteiger charge is 2.24. The van der Waals surface area contributed by atoms with Crippen LogP contribution in [0, 0.1) is 0 Å². The fraction of sp³-hybridized carbons (Fsp3) is 0.400. The van der Waals surface area contributed by atoms with Crippen molar-refractivity contribution in [2.24, 2.45) is 0 Å². The minimum absolute atomic E-state index is 0.368. The van der Waals surface area contributed by atoms with Gasteiger partial charge in [0.2, 0.25) is 0 Å². The van der Waals surface area contributed by atoms with Crippen LogP contribution in [0.25, 0.3) is 0 Å². The summed E-state index contributed by atoms with van der Waals surface area (Å²) in [6, 6.07) is 21.5. The molecule has 1 unspecified atom stereocenters. The Kier molecular flexibility index (Phi) is 7.79. The molecule has 0 saturated carbocycles. The second-order valence-corrected chi connectivity index (χ2v) is 9.70. The number of ether oxygens (including phenoxy) is 1. The van der Waals surface area contributed by atoms with Crippen molar-refractivity contribution >= 4 is 5.69 Å². The van der Waals surface area contributed by atoms with E-state index in [4.69, 9.17) is 4.74 Å². The number of phenolic OH excluding ortho intramolecular Hbond substituents is 1. The number of anilines is 1. The molecule has 1 aliphatic rings. The summed E-state index contributed by atoms with van der Waals surface area (Å²) >= 11 is 0. The zero-order valence-electron chi connectivity index (χ0n) is 21.1. The molecule has 0 spiro atoms. The van der Waals surface area contributed by atoms with Crippen LogP contribution in [-0.4, -0.2) is 44.3 Å². The molecule has 0 bridgehead atoms. The van der Waals surface area contributed by atoms with E-state index in [9.17, 15) is 5.11 Å². The van der Waals surface area contributed by atoms with E-state index in [1.165, 1.54) is 33.5 Å². The smallest absolute Gasteiger partial charge is 0.120 e. The number of likely N-dealkylation sites (N-methyl/N-ethyl adjacent to an activating group) is 1. The maximum atomic E-state index is 9.87. The predicted molar refractivity (Wildman–Crippen MR) is 141 cm³/mol. The molecule has 4 rings (SSSR count). The number of methoxy groups -OCH3 is 1. The lowest BCUT2D eigenvalue weighted by Gasteiger charge is -2.32. The number of phenols is 1. The second kappa shape index (κ2) is 11.0. The Bertz CT molecular complexity index is 1090. The van der Waals surface area contributed by atoms with Crippen molar-refractivity contribution in [3.63, 3.8) is 0 Å². The van der Waals surface area contributed by atoms with Gasteiger partial charge in [0.1, 0.15) is 11.5 Å². The van der Waals surface area contributed by atoms with Gasteiger partial charge in [0.05, 0.1) is 7.11 Å². The predicted octanol–water partition coefficient (Wildman–Crippen LogP) is 5.80. The zero-order chi connectivity index (χ0) is 24.1. The fourth-order valence-electron chi connectivity index (χ4n) is 5.03. The second-order valence-electron chi connectivity index (χ2n) is 9.70. The first-order valence-electron chi connectivity index (χ1n) is 12.4. The van der Waals surface area contributed by atoms with Crippen LogP contribution in [0.4, 0.5) is 5.69 Å². The topological polar surface area (TPSA) is 35.9 Å². The lowest BCUT2D eigenvalue weighted by molar-refractivity contribution is 0.413. The van der Waals surface area contributed by atoms with Gasteiger partial charge in [-0.3, -0.25) is 0 Å². The van der Waals surface area contributed by atoms with Gasteiger partial charge in [-0.2, -0.15) is 0 Å². The van der Waals surface area contributed by atoms with Gasteiger partial charge in [0.25, 0.3) is 0 Å². The average Bonchev–Trinajstić information content (AvgIpc) is 2.86. The van der Waals surface area contributed by atoms with Gasteiger partial charge in [-0.25, -0.2) is 0 Å². The van der Waals surface area contributed by atoms with Crippen LogP contribution in [0.1, 0.15) is 47.1 Å². The Morgan fingerprint density at radius 3 is 2.41 bits per heavy atom. The number of aryl methyl sites for hydroxylation is 1. The Hall–Kier alpha value is -2.98. The molecule has 1 N–H and O–H groups in total. The van der Waals surface area contributed by atoms with Gasteiger partial charge < -0.3 is 19.6 Å². The fourth-order valence-corrected chi connectivity index (χ4v) is 5.03. The summed E-state index contributed by atoms with van der Waals surface area (Å²) in [5, 5.41) is 9.87. The van der Waals surface area contributed by atoms with E-state index < -0.39 is 0 Å². The minimum atomic E-state index is 0.368. The van der Waals surface area contributed by atoms with Crippen molar-refractivity contribution in [3.05, 3.63) is 88.5 Å². The molecule has 0 aromatic heterocycles. The number of hydrogen-bond acceptors (Lipinski definition) is 4. The summed E-state index contributed by atoms with van der Waals surface area (Å²) in [6.45, 7) is 5.10. The summed E-state index contributed by atoms with van der Waals surface area (Å²) in [4.78, 5) is 4.70. The van der Waals surface area contributed by atoms with E-state index in [2.05, 4.69) is 79.3 Å². The lowest BCUT2D eigenvalue weighted by atomic mass is 9.79. The molecule has 1 aliphatic carbocycles. The lowest BCUT2D eigenvalue weighted by Crippen LogP contribution is -2.25. The molecule has 3 aromatic rings. The van der Waals surface area contributed by atoms with Gasteiger partial charge in [-0.15, -0.1) is 0 Å². The normalized spacial score (nSPS) is 15.3. The van der Waals surface area contributed by atoms with E-state index in [0.29, 0.717) is 11.7 Å². The molecular weight excluding hydrogens is 420 g/mol. The van der Waals surface area contributed by atoms with Crippen LogP contribution >= 0.6 is 0 Å². The molecule has 0 aliphatic heterocycles. The van der Waals surface area contributed by atoms with Crippen molar-refractivity contribution in [1.82, 2.24) is 4.90 Å². The highest BCUT2D eigenvalue weighted by atomic mass is 16.5. The van der Waals surface area contributed by atoms with Crippen LogP contribution in [0.3, 0.4) is 0 Å². The highest BCUT2D eigenvalue weighted by molar-refractivity contribution is 5.60. The molecule has 0 heterocycles. The van der Waals surface area contributed by atoms with Crippen LogP contribution in [0.5, 0.6) is 11.5 Å². The third-order valence-corrected chi connectivity index (χ3v) is 7.06. The first-order valence-corrected chi connectivity index (χ1v) is 12.4. The molecule has 0 amide bonds. The van der Waals surface area contributed by atoms with E-state index in [0.717, 1.165) is 51.1 Å². The molecule has 0 radical (unpaired) electrons. The third kappa shape index (κ3) is 5.74. The summed E-state index contributed by atoms with van der Waals surface area (Å²) in [5.74, 6) is 1.73. The van der Waals surface area contributed by atoms with Gasteiger partial charge in [-0.05, 0) is 98.6 Å². The molecule has 1 atom stereocenters. The van der Waals surface area contributed by atoms with E-state index in [-0.39, 0.29) is 0 Å². The van der Waals surface area contributed by atoms with Crippen molar-refractivity contribution in [2.75, 3.05) is 39.2 Å². The molecule has 0 saturated heterocycles. The molecule has 4 nitrogen and oxygen atoms in total. The Labute approximate surface area is 204 Å². The minimum Gasteiger partial charge on any atom is -0.508 e. The van der Waals surface area contributed by atoms with Crippen molar-refractivity contribution in [2.45, 2.75) is 45.1 Å². The van der Waals surface area contributed by atoms with Gasteiger partial charge in [0.15, 0.2) is 0 Å². The maximum absolute atomic E-state index is 9.87. The van der Waals surface area contributed by atoms with Gasteiger partial charge in [-0.1, -0.05) is 36.4 Å². The zero-order valence-corrected chi connectivity index (χ0v) is 21.1. The molecule has 3 aromatic carbocycles. The molecule has 0 fully saturated rings. The molecule has 4 heteroatoms. The van der Waals surface area contributed by atoms with Crippen molar-refractivity contribution in [1.29, 1.82) is 0 Å². The van der Waals surface area contributed by atoms with E-state index >= 15 is 0 Å². The average molecular weight is 459 g/mol. The molecule has 34 heavy (non-hydrogen) atoms. The Balaban J connectivity index is 1.57. The van der Waals surface area contributed by atoms with Gasteiger partial charge in [0, 0.05) is 31.4 Å². The quantitative estimate of drug-likeness (QED) is 0.439. The maximum Gasteiger partial charge on any atom is 0.120 e.